The van der Waals surface area contributed by atoms with Crippen LogP contribution in [-0.2, 0) is 17.8 Å². The average molecular weight is 514 g/mol. The Morgan fingerprint density at radius 2 is 1.72 bits per heavy atom. The quantitative estimate of drug-likeness (QED) is 0.280. The van der Waals surface area contributed by atoms with Gasteiger partial charge in [0.05, 0.1) is 17.8 Å². The Labute approximate surface area is 216 Å². The van der Waals surface area contributed by atoms with Gasteiger partial charge in [0, 0.05) is 29.5 Å². The number of rotatable bonds is 5. The Kier molecular flexibility index (Phi) is 8.04. The van der Waals surface area contributed by atoms with E-state index in [0.29, 0.717) is 17.9 Å². The Morgan fingerprint density at radius 1 is 1.03 bits per heavy atom. The van der Waals surface area contributed by atoms with Crippen molar-refractivity contribution < 1.29 is 18.3 Å². The molecular weight excluding hydrogens is 484 g/mol. The number of hydrogen-bond acceptors (Lipinski definition) is 3. The van der Waals surface area contributed by atoms with Crippen molar-refractivity contribution in [3.63, 3.8) is 0 Å². The van der Waals surface area contributed by atoms with E-state index < -0.39 is 17.5 Å². The number of hydrogen-bond donors (Lipinski definition) is 0. The van der Waals surface area contributed by atoms with Crippen LogP contribution in [0.3, 0.4) is 0 Å². The van der Waals surface area contributed by atoms with Crippen molar-refractivity contribution in [1.82, 2.24) is 9.55 Å². The van der Waals surface area contributed by atoms with Crippen LogP contribution in [0.2, 0.25) is 0 Å². The van der Waals surface area contributed by atoms with E-state index in [4.69, 9.17) is 4.74 Å². The molecule has 0 saturated heterocycles. The molecule has 0 aliphatic carbocycles. The predicted molar refractivity (Wildman–Crippen MR) is 141 cm³/mol. The van der Waals surface area contributed by atoms with Gasteiger partial charge in [0.1, 0.15) is 17.2 Å². The third-order valence-electron chi connectivity index (χ3n) is 5.91. The first kappa shape index (κ1) is 27.1. The number of benzene rings is 2. The van der Waals surface area contributed by atoms with Crippen molar-refractivity contribution in [3.05, 3.63) is 94.9 Å². The van der Waals surface area contributed by atoms with Crippen LogP contribution in [0.5, 0.6) is 0 Å². The molecule has 2 heterocycles. The van der Waals surface area contributed by atoms with Crippen LogP contribution in [0.25, 0.3) is 10.9 Å². The molecule has 2 aromatic carbocycles. The van der Waals surface area contributed by atoms with Gasteiger partial charge in [0.2, 0.25) is 0 Å². The second kappa shape index (κ2) is 10.7. The van der Waals surface area contributed by atoms with Crippen molar-refractivity contribution in [2.45, 2.75) is 53.3 Å². The molecular formula is C28H30ClF2N3O2. The second-order valence-electron chi connectivity index (χ2n) is 9.62. The lowest BCUT2D eigenvalue weighted by molar-refractivity contribution is 0.0577. The zero-order chi connectivity index (χ0) is 25.3. The van der Waals surface area contributed by atoms with Crippen LogP contribution in [0, 0.1) is 25.5 Å². The summed E-state index contributed by atoms with van der Waals surface area (Å²) in [5, 5.41) is 1.01. The molecule has 0 unspecified atom stereocenters. The second-order valence-corrected chi connectivity index (χ2v) is 9.62. The Morgan fingerprint density at radius 3 is 2.36 bits per heavy atom. The SMILES string of the molecule is Cc1c(C)n(Cc2cccc(F)c2)c2c(CN(C(=O)OC(C)(C)C)c3ccc(F)cc3)nccc12.Cl. The highest BCUT2D eigenvalue weighted by molar-refractivity contribution is 5.91. The average Bonchev–Trinajstić information content (AvgIpc) is 3.02. The van der Waals surface area contributed by atoms with E-state index in [1.165, 1.54) is 29.2 Å². The maximum absolute atomic E-state index is 13.9. The van der Waals surface area contributed by atoms with Gasteiger partial charge >= 0.3 is 6.09 Å². The number of aromatic nitrogens is 2. The molecule has 4 rings (SSSR count). The summed E-state index contributed by atoms with van der Waals surface area (Å²) in [5.74, 6) is -0.688. The van der Waals surface area contributed by atoms with Crippen molar-refractivity contribution in [1.29, 1.82) is 0 Å². The fraction of sp³-hybridized carbons (Fsp3) is 0.286. The number of aryl methyl sites for hydroxylation is 1. The number of halogens is 3. The first-order chi connectivity index (χ1) is 16.5. The summed E-state index contributed by atoms with van der Waals surface area (Å²) < 4.78 is 35.2. The molecule has 0 spiro atoms. The lowest BCUT2D eigenvalue weighted by Gasteiger charge is -2.27. The van der Waals surface area contributed by atoms with Crippen LogP contribution in [0.15, 0.2) is 60.8 Å². The summed E-state index contributed by atoms with van der Waals surface area (Å²) in [6, 6.07) is 14.2. The van der Waals surface area contributed by atoms with E-state index in [1.54, 1.807) is 45.2 Å². The molecule has 0 bridgehead atoms. The fourth-order valence-corrected chi connectivity index (χ4v) is 4.15. The summed E-state index contributed by atoms with van der Waals surface area (Å²) in [4.78, 5) is 19.3. The van der Waals surface area contributed by atoms with Gasteiger partial charge in [-0.2, -0.15) is 0 Å². The first-order valence-electron chi connectivity index (χ1n) is 11.5. The van der Waals surface area contributed by atoms with Crippen LogP contribution >= 0.6 is 12.4 Å². The first-order valence-corrected chi connectivity index (χ1v) is 11.5. The molecule has 190 valence electrons. The van der Waals surface area contributed by atoms with Crippen LogP contribution < -0.4 is 4.90 Å². The van der Waals surface area contributed by atoms with Gasteiger partial charge in [-0.25, -0.2) is 13.6 Å². The van der Waals surface area contributed by atoms with Gasteiger partial charge in [-0.3, -0.25) is 9.88 Å². The number of carbonyl (C=O) groups excluding carboxylic acids is 1. The number of anilines is 1. The maximum atomic E-state index is 13.9. The summed E-state index contributed by atoms with van der Waals surface area (Å²) in [6.07, 6.45) is 1.16. The molecule has 0 saturated carbocycles. The highest BCUT2D eigenvalue weighted by atomic mass is 35.5. The van der Waals surface area contributed by atoms with Gasteiger partial charge < -0.3 is 9.30 Å². The maximum Gasteiger partial charge on any atom is 0.415 e. The lowest BCUT2D eigenvalue weighted by Crippen LogP contribution is -2.36. The third-order valence-corrected chi connectivity index (χ3v) is 5.91. The molecule has 8 heteroatoms. The standard InChI is InChI=1S/C28H29F2N3O2.ClH/c1-18-19(2)32(16-20-7-6-8-22(30)15-20)26-24(18)13-14-31-25(26)17-33(27(34)35-28(3,4)5)23-11-9-21(29)10-12-23;/h6-15H,16-17H2,1-5H3;1H. The van der Waals surface area contributed by atoms with Crippen molar-refractivity contribution in [2.75, 3.05) is 4.90 Å². The van der Waals surface area contributed by atoms with Crippen LogP contribution in [-0.4, -0.2) is 21.2 Å². The van der Waals surface area contributed by atoms with Crippen LogP contribution in [0.1, 0.15) is 43.3 Å². The number of fused-ring (bicyclic) bond motifs is 1. The molecule has 1 amide bonds. The van der Waals surface area contributed by atoms with Crippen molar-refractivity contribution in [3.8, 4) is 0 Å². The van der Waals surface area contributed by atoms with Crippen molar-refractivity contribution in [2.24, 2.45) is 0 Å². The molecule has 0 radical (unpaired) electrons. The summed E-state index contributed by atoms with van der Waals surface area (Å²) in [7, 11) is 0. The van der Waals surface area contributed by atoms with Gasteiger partial charge in [0.15, 0.2) is 0 Å². The van der Waals surface area contributed by atoms with Gasteiger partial charge in [-0.15, -0.1) is 12.4 Å². The number of ether oxygens (including phenoxy) is 1. The van der Waals surface area contributed by atoms with E-state index in [9.17, 15) is 13.6 Å². The molecule has 0 atom stereocenters. The summed E-state index contributed by atoms with van der Waals surface area (Å²) >= 11 is 0. The van der Waals surface area contributed by atoms with E-state index in [-0.39, 0.29) is 24.8 Å². The summed E-state index contributed by atoms with van der Waals surface area (Å²) in [6.45, 7) is 10.0. The van der Waals surface area contributed by atoms with E-state index in [2.05, 4.69) is 9.55 Å². The zero-order valence-electron chi connectivity index (χ0n) is 21.0. The molecule has 4 aromatic rings. The fourth-order valence-electron chi connectivity index (χ4n) is 4.15. The Hall–Kier alpha value is -3.45. The molecule has 2 aromatic heterocycles. The highest BCUT2D eigenvalue weighted by Gasteiger charge is 2.26. The number of carbonyl (C=O) groups is 1. The Bertz CT molecular complexity index is 1380. The molecule has 0 N–H and O–H groups in total. The molecule has 0 aliphatic heterocycles. The minimum absolute atomic E-state index is 0. The third kappa shape index (κ3) is 5.85. The van der Waals surface area contributed by atoms with Gasteiger partial charge in [0.25, 0.3) is 0 Å². The lowest BCUT2D eigenvalue weighted by atomic mass is 10.1. The Balaban J connectivity index is 0.00000361. The highest BCUT2D eigenvalue weighted by Crippen LogP contribution is 2.30. The molecule has 0 aliphatic rings. The van der Waals surface area contributed by atoms with E-state index >= 15 is 0 Å². The normalized spacial score (nSPS) is 11.3. The number of nitrogens with zero attached hydrogens (tertiary/aromatic N) is 3. The molecule has 0 fully saturated rings. The summed E-state index contributed by atoms with van der Waals surface area (Å²) in [5.41, 5.74) is 4.25. The van der Waals surface area contributed by atoms with E-state index in [0.717, 1.165) is 27.7 Å². The zero-order valence-corrected chi connectivity index (χ0v) is 21.8. The monoisotopic (exact) mass is 513 g/mol. The topological polar surface area (TPSA) is 47.4 Å². The minimum atomic E-state index is -0.709. The number of pyridine rings is 1. The number of amides is 1. The largest absolute Gasteiger partial charge is 0.443 e. The van der Waals surface area contributed by atoms with Crippen molar-refractivity contribution >= 4 is 35.1 Å². The molecule has 36 heavy (non-hydrogen) atoms. The van der Waals surface area contributed by atoms with E-state index in [1.807, 2.05) is 26.0 Å². The van der Waals surface area contributed by atoms with Gasteiger partial charge in [-0.1, -0.05) is 12.1 Å². The predicted octanol–water partition coefficient (Wildman–Crippen LogP) is 7.34. The van der Waals surface area contributed by atoms with Gasteiger partial charge in [-0.05, 0) is 88.2 Å². The minimum Gasteiger partial charge on any atom is -0.443 e. The van der Waals surface area contributed by atoms with Crippen LogP contribution in [0.4, 0.5) is 19.3 Å². The molecule has 5 nitrogen and oxygen atoms in total. The smallest absolute Gasteiger partial charge is 0.415 e.